The number of carbonyl (C=O) groups is 1. The van der Waals surface area contributed by atoms with Crippen molar-refractivity contribution in [2.45, 2.75) is 25.3 Å². The first-order valence-electron chi connectivity index (χ1n) is 3.68. The lowest BCUT2D eigenvalue weighted by molar-refractivity contribution is 0.190. The molecule has 1 aliphatic carbocycles. The largest absolute Gasteiger partial charge is 0.465 e. The normalized spacial score (nSPS) is 29.4. The van der Waals surface area contributed by atoms with E-state index in [1.807, 2.05) is 0 Å². The Kier molecular flexibility index (Phi) is 2.37. The Balaban J connectivity index is 2.31. The molecule has 3 heteroatoms. The highest BCUT2D eigenvalue weighted by atomic mass is 16.4. The number of rotatable bonds is 1. The van der Waals surface area contributed by atoms with Gasteiger partial charge >= 0.3 is 6.09 Å². The number of terminal acetylenes is 1. The molecule has 1 fully saturated rings. The molecule has 3 nitrogen and oxygen atoms in total. The van der Waals surface area contributed by atoms with Crippen LogP contribution in [0.2, 0.25) is 0 Å². The van der Waals surface area contributed by atoms with Gasteiger partial charge < -0.3 is 10.4 Å². The van der Waals surface area contributed by atoms with Crippen molar-refractivity contribution < 1.29 is 9.90 Å². The van der Waals surface area contributed by atoms with E-state index in [0.29, 0.717) is 0 Å². The summed E-state index contributed by atoms with van der Waals surface area (Å²) in [7, 11) is 0. The summed E-state index contributed by atoms with van der Waals surface area (Å²) in [4.78, 5) is 10.2. The maximum atomic E-state index is 10.2. The molecule has 11 heavy (non-hydrogen) atoms. The summed E-state index contributed by atoms with van der Waals surface area (Å²) in [5.74, 6) is 2.90. The monoisotopic (exact) mass is 153 g/mol. The van der Waals surface area contributed by atoms with E-state index in [4.69, 9.17) is 11.5 Å². The summed E-state index contributed by atoms with van der Waals surface area (Å²) >= 11 is 0. The molecule has 0 aliphatic heterocycles. The second-order valence-electron chi connectivity index (χ2n) is 2.82. The molecule has 0 radical (unpaired) electrons. The van der Waals surface area contributed by atoms with Crippen LogP contribution in [0.1, 0.15) is 19.3 Å². The molecule has 0 aromatic rings. The Bertz CT molecular complexity index is 195. The quantitative estimate of drug-likeness (QED) is 0.553. The maximum absolute atomic E-state index is 10.2. The van der Waals surface area contributed by atoms with Gasteiger partial charge in [0.15, 0.2) is 0 Å². The van der Waals surface area contributed by atoms with Crippen molar-refractivity contribution in [1.29, 1.82) is 0 Å². The number of hydrogen-bond acceptors (Lipinski definition) is 1. The van der Waals surface area contributed by atoms with Crippen LogP contribution in [0.5, 0.6) is 0 Å². The minimum atomic E-state index is -0.951. The molecular formula is C8H11NO2. The second kappa shape index (κ2) is 3.29. The first-order chi connectivity index (χ1) is 5.22. The lowest BCUT2D eigenvalue weighted by Crippen LogP contribution is -2.31. The molecule has 1 saturated carbocycles. The summed E-state index contributed by atoms with van der Waals surface area (Å²) in [6.07, 6.45) is 6.87. The van der Waals surface area contributed by atoms with Gasteiger partial charge in [0.25, 0.3) is 0 Å². The number of nitrogens with one attached hydrogen (secondary N) is 1. The number of hydrogen-bond donors (Lipinski definition) is 2. The third-order valence-corrected chi connectivity index (χ3v) is 2.00. The highest BCUT2D eigenvalue weighted by molar-refractivity contribution is 5.64. The second-order valence-corrected chi connectivity index (χ2v) is 2.82. The maximum Gasteiger partial charge on any atom is 0.404 e. The van der Waals surface area contributed by atoms with Gasteiger partial charge in [0, 0.05) is 12.0 Å². The standard InChI is InChI=1S/C8H11NO2/c1-2-6-3-4-7(5-6)9-8(10)11/h1,6-7,9H,3-5H2,(H,10,11)/t6-,7+/m1/s1. The van der Waals surface area contributed by atoms with Crippen molar-refractivity contribution in [1.82, 2.24) is 5.32 Å². The molecule has 2 atom stereocenters. The summed E-state index contributed by atoms with van der Waals surface area (Å²) in [5, 5.41) is 10.8. The van der Waals surface area contributed by atoms with Gasteiger partial charge in [0.2, 0.25) is 0 Å². The molecule has 2 N–H and O–H groups in total. The van der Waals surface area contributed by atoms with Gasteiger partial charge in [0.1, 0.15) is 0 Å². The van der Waals surface area contributed by atoms with E-state index >= 15 is 0 Å². The first kappa shape index (κ1) is 7.93. The molecule has 0 aromatic carbocycles. The Labute approximate surface area is 65.8 Å². The van der Waals surface area contributed by atoms with Crippen LogP contribution in [-0.2, 0) is 0 Å². The molecule has 0 aromatic heterocycles. The zero-order valence-electron chi connectivity index (χ0n) is 6.21. The molecule has 1 rings (SSSR count). The third kappa shape index (κ3) is 2.15. The SMILES string of the molecule is C#C[C@@H]1CC[C@H](NC(=O)O)C1. The smallest absolute Gasteiger partial charge is 0.404 e. The van der Waals surface area contributed by atoms with E-state index in [1.165, 1.54) is 0 Å². The molecule has 0 bridgehead atoms. The summed E-state index contributed by atoms with van der Waals surface area (Å²) in [6, 6.07) is 0.0774. The Morgan fingerprint density at radius 2 is 2.36 bits per heavy atom. The van der Waals surface area contributed by atoms with Crippen LogP contribution in [0.4, 0.5) is 4.79 Å². The first-order valence-corrected chi connectivity index (χ1v) is 3.68. The van der Waals surface area contributed by atoms with Crippen LogP contribution in [0.15, 0.2) is 0 Å². The lowest BCUT2D eigenvalue weighted by atomic mass is 10.1. The van der Waals surface area contributed by atoms with Crippen LogP contribution in [0.25, 0.3) is 0 Å². The highest BCUT2D eigenvalue weighted by Gasteiger charge is 2.23. The van der Waals surface area contributed by atoms with Gasteiger partial charge in [-0.2, -0.15) is 0 Å². The lowest BCUT2D eigenvalue weighted by Gasteiger charge is -2.07. The van der Waals surface area contributed by atoms with Crippen LogP contribution in [0.3, 0.4) is 0 Å². The van der Waals surface area contributed by atoms with Gasteiger partial charge in [-0.05, 0) is 19.3 Å². The molecule has 0 unspecified atom stereocenters. The van der Waals surface area contributed by atoms with Gasteiger partial charge in [-0.3, -0.25) is 0 Å². The zero-order valence-corrected chi connectivity index (χ0v) is 6.21. The average molecular weight is 153 g/mol. The van der Waals surface area contributed by atoms with Crippen molar-refractivity contribution in [2.75, 3.05) is 0 Å². The zero-order chi connectivity index (χ0) is 8.27. The fourth-order valence-corrected chi connectivity index (χ4v) is 1.44. The molecule has 60 valence electrons. The predicted octanol–water partition coefficient (Wildman–Crippen LogP) is 1.06. The van der Waals surface area contributed by atoms with Crippen LogP contribution in [-0.4, -0.2) is 17.2 Å². The van der Waals surface area contributed by atoms with E-state index in [1.54, 1.807) is 0 Å². The summed E-state index contributed by atoms with van der Waals surface area (Å²) in [6.45, 7) is 0. The van der Waals surface area contributed by atoms with Gasteiger partial charge in [-0.25, -0.2) is 4.79 Å². The van der Waals surface area contributed by atoms with Crippen molar-refractivity contribution in [2.24, 2.45) is 5.92 Å². The van der Waals surface area contributed by atoms with E-state index in [0.717, 1.165) is 19.3 Å². The van der Waals surface area contributed by atoms with Gasteiger partial charge in [0.05, 0.1) is 0 Å². The average Bonchev–Trinajstić information content (AvgIpc) is 2.34. The van der Waals surface area contributed by atoms with Crippen molar-refractivity contribution in [3.05, 3.63) is 0 Å². The molecule has 0 saturated heterocycles. The van der Waals surface area contributed by atoms with Crippen LogP contribution >= 0.6 is 0 Å². The summed E-state index contributed by atoms with van der Waals surface area (Å²) < 4.78 is 0. The van der Waals surface area contributed by atoms with E-state index in [9.17, 15) is 4.79 Å². The molecule has 1 amide bonds. The van der Waals surface area contributed by atoms with E-state index < -0.39 is 6.09 Å². The molecule has 0 heterocycles. The number of amides is 1. The fraction of sp³-hybridized carbons (Fsp3) is 0.625. The topological polar surface area (TPSA) is 49.3 Å². The minimum absolute atomic E-state index is 0.0774. The van der Waals surface area contributed by atoms with Crippen molar-refractivity contribution in [3.63, 3.8) is 0 Å². The predicted molar refractivity (Wildman–Crippen MR) is 41.1 cm³/mol. The van der Waals surface area contributed by atoms with E-state index in [-0.39, 0.29) is 12.0 Å². The summed E-state index contributed by atoms with van der Waals surface area (Å²) in [5.41, 5.74) is 0. The number of carboxylic acid groups (broad SMARTS) is 1. The van der Waals surface area contributed by atoms with E-state index in [2.05, 4.69) is 11.2 Å². The van der Waals surface area contributed by atoms with Crippen molar-refractivity contribution in [3.8, 4) is 12.3 Å². The Hall–Kier alpha value is -1.17. The van der Waals surface area contributed by atoms with Crippen LogP contribution < -0.4 is 5.32 Å². The fourth-order valence-electron chi connectivity index (χ4n) is 1.44. The van der Waals surface area contributed by atoms with Crippen molar-refractivity contribution >= 4 is 6.09 Å². The molecular weight excluding hydrogens is 142 g/mol. The van der Waals surface area contributed by atoms with Gasteiger partial charge in [-0.15, -0.1) is 12.3 Å². The Morgan fingerprint density at radius 3 is 2.82 bits per heavy atom. The molecule has 0 spiro atoms. The third-order valence-electron chi connectivity index (χ3n) is 2.00. The van der Waals surface area contributed by atoms with Crippen LogP contribution in [0, 0.1) is 18.3 Å². The minimum Gasteiger partial charge on any atom is -0.465 e. The highest BCUT2D eigenvalue weighted by Crippen LogP contribution is 2.24. The molecule has 1 aliphatic rings. The Morgan fingerprint density at radius 1 is 1.64 bits per heavy atom. The van der Waals surface area contributed by atoms with Gasteiger partial charge in [-0.1, -0.05) is 0 Å².